The largest absolute Gasteiger partial charge is 0.0801 e. The number of benzene rings is 2. The van der Waals surface area contributed by atoms with Crippen LogP contribution < -0.4 is 0 Å². The van der Waals surface area contributed by atoms with Gasteiger partial charge in [0.25, 0.3) is 0 Å². The zero-order valence-electron chi connectivity index (χ0n) is 19.6. The van der Waals surface area contributed by atoms with Gasteiger partial charge in [0.2, 0.25) is 0 Å². The van der Waals surface area contributed by atoms with Gasteiger partial charge in [-0.05, 0) is 61.8 Å². The van der Waals surface area contributed by atoms with E-state index in [2.05, 4.69) is 90.1 Å². The van der Waals surface area contributed by atoms with Crippen LogP contribution in [0.4, 0.5) is 0 Å². The molecule has 2 aromatic carbocycles. The number of fused-ring (bicyclic) bond motifs is 3. The molecule has 1 unspecified atom stereocenters. The van der Waals surface area contributed by atoms with Crippen LogP contribution in [-0.2, 0) is 10.8 Å². The molecule has 0 amide bonds. The zero-order chi connectivity index (χ0) is 21.3. The average Bonchev–Trinajstić information content (AvgIpc) is 3.25. The van der Waals surface area contributed by atoms with Crippen molar-refractivity contribution < 1.29 is 0 Å². The second kappa shape index (κ2) is 6.82. The fourth-order valence-corrected chi connectivity index (χ4v) is 8.68. The SMILES string of the molecule is CC(C)(C)c1ccc2c(c1)-c1cc(C(C)(C)C)cc(C3=CC=CC3)c1C2[SiH]1CCC1. The van der Waals surface area contributed by atoms with E-state index in [1.54, 1.807) is 27.8 Å². The molecule has 1 fully saturated rings. The van der Waals surface area contributed by atoms with Crippen molar-refractivity contribution in [1.29, 1.82) is 0 Å². The fourth-order valence-electron chi connectivity index (χ4n) is 5.50. The predicted molar refractivity (Wildman–Crippen MR) is 134 cm³/mol. The molecule has 1 aliphatic heterocycles. The van der Waals surface area contributed by atoms with E-state index in [9.17, 15) is 0 Å². The molecule has 0 N–H and O–H groups in total. The lowest BCUT2D eigenvalue weighted by molar-refractivity contribution is 0.589. The first-order valence-corrected chi connectivity index (χ1v) is 14.1. The van der Waals surface area contributed by atoms with Gasteiger partial charge in [-0.15, -0.1) is 0 Å². The smallest absolute Gasteiger partial charge is 0.0505 e. The first-order chi connectivity index (χ1) is 14.1. The Kier molecular flexibility index (Phi) is 4.56. The molecular weight excluding hydrogens is 376 g/mol. The molecule has 1 atom stereocenters. The summed E-state index contributed by atoms with van der Waals surface area (Å²) in [6.45, 7) is 14.1. The van der Waals surface area contributed by atoms with Crippen molar-refractivity contribution in [1.82, 2.24) is 0 Å². The van der Waals surface area contributed by atoms with Crippen molar-refractivity contribution in [2.24, 2.45) is 0 Å². The predicted octanol–water partition coefficient (Wildman–Crippen LogP) is 7.91. The quantitative estimate of drug-likeness (QED) is 0.440. The first kappa shape index (κ1) is 20.1. The minimum atomic E-state index is -0.761. The molecule has 5 rings (SSSR count). The molecule has 0 aromatic heterocycles. The Balaban J connectivity index is 1.80. The molecule has 1 heteroatoms. The van der Waals surface area contributed by atoms with Gasteiger partial charge in [-0.3, -0.25) is 0 Å². The van der Waals surface area contributed by atoms with E-state index >= 15 is 0 Å². The number of rotatable bonds is 2. The second-order valence-corrected chi connectivity index (χ2v) is 15.1. The normalized spacial score (nSPS) is 20.7. The topological polar surface area (TPSA) is 0 Å². The van der Waals surface area contributed by atoms with Crippen molar-refractivity contribution in [3.05, 3.63) is 76.4 Å². The minimum Gasteiger partial charge on any atom is -0.0801 e. The molecule has 0 saturated carbocycles. The summed E-state index contributed by atoms with van der Waals surface area (Å²) < 4.78 is 0. The third-order valence-corrected chi connectivity index (χ3v) is 11.6. The van der Waals surface area contributed by atoms with Crippen molar-refractivity contribution in [2.75, 3.05) is 0 Å². The molecule has 0 spiro atoms. The summed E-state index contributed by atoms with van der Waals surface area (Å²) in [6, 6.07) is 15.6. The lowest BCUT2D eigenvalue weighted by Gasteiger charge is -2.33. The van der Waals surface area contributed by atoms with Crippen molar-refractivity contribution in [3.8, 4) is 11.1 Å². The summed E-state index contributed by atoms with van der Waals surface area (Å²) in [5, 5.41) is 0. The van der Waals surface area contributed by atoms with E-state index in [1.165, 1.54) is 35.2 Å². The van der Waals surface area contributed by atoms with Gasteiger partial charge in [-0.1, -0.05) is 109 Å². The summed E-state index contributed by atoms with van der Waals surface area (Å²) in [7, 11) is -0.761. The zero-order valence-corrected chi connectivity index (χ0v) is 20.8. The van der Waals surface area contributed by atoms with E-state index < -0.39 is 8.80 Å². The van der Waals surface area contributed by atoms with E-state index in [-0.39, 0.29) is 10.8 Å². The molecule has 0 bridgehead atoms. The van der Waals surface area contributed by atoms with E-state index in [1.807, 2.05) is 0 Å². The highest BCUT2D eigenvalue weighted by atomic mass is 28.3. The van der Waals surface area contributed by atoms with Gasteiger partial charge in [-0.2, -0.15) is 0 Å². The Morgan fingerprint density at radius 3 is 2.03 bits per heavy atom. The Hall–Kier alpha value is -1.86. The molecule has 1 saturated heterocycles. The van der Waals surface area contributed by atoms with Crippen LogP contribution in [0, 0.1) is 0 Å². The van der Waals surface area contributed by atoms with Crippen LogP contribution >= 0.6 is 0 Å². The Labute approximate surface area is 184 Å². The van der Waals surface area contributed by atoms with Gasteiger partial charge in [0, 0.05) is 5.54 Å². The van der Waals surface area contributed by atoms with Crippen molar-refractivity contribution in [3.63, 3.8) is 0 Å². The van der Waals surface area contributed by atoms with Gasteiger partial charge in [0.15, 0.2) is 0 Å². The molecule has 1 heterocycles. The molecular formula is C29H36Si. The monoisotopic (exact) mass is 412 g/mol. The third-order valence-electron chi connectivity index (χ3n) is 7.64. The van der Waals surface area contributed by atoms with Crippen LogP contribution in [0.25, 0.3) is 16.7 Å². The molecule has 2 aromatic rings. The van der Waals surface area contributed by atoms with E-state index in [0.717, 1.165) is 6.42 Å². The van der Waals surface area contributed by atoms with Gasteiger partial charge in [0.05, 0.1) is 8.80 Å². The lowest BCUT2D eigenvalue weighted by Crippen LogP contribution is -2.30. The van der Waals surface area contributed by atoms with Gasteiger partial charge in [-0.25, -0.2) is 0 Å². The van der Waals surface area contributed by atoms with Crippen LogP contribution in [-0.4, -0.2) is 8.80 Å². The molecule has 0 nitrogen and oxygen atoms in total. The molecule has 0 radical (unpaired) electrons. The standard InChI is InChI=1S/C29H36Si/c1-28(2,3)20-12-13-22-24(16-20)25-18-21(29(4,5)6)17-23(19-10-7-8-11-19)26(25)27(22)30-14-9-15-30/h7-8,10,12-13,16-18,27,30H,9,11,14-15H2,1-6H3. The average molecular weight is 413 g/mol. The maximum atomic E-state index is 2.56. The summed E-state index contributed by atoms with van der Waals surface area (Å²) in [5.74, 6) is 0. The van der Waals surface area contributed by atoms with Gasteiger partial charge in [0.1, 0.15) is 0 Å². The summed E-state index contributed by atoms with van der Waals surface area (Å²) in [6.07, 6.45) is 9.48. The summed E-state index contributed by atoms with van der Waals surface area (Å²) in [5.41, 5.74) is 13.5. The molecule has 156 valence electrons. The Morgan fingerprint density at radius 2 is 1.47 bits per heavy atom. The van der Waals surface area contributed by atoms with Crippen molar-refractivity contribution in [2.45, 2.75) is 82.8 Å². The molecule has 2 aliphatic carbocycles. The highest BCUT2D eigenvalue weighted by Gasteiger charge is 2.41. The van der Waals surface area contributed by atoms with E-state index in [0.29, 0.717) is 5.54 Å². The van der Waals surface area contributed by atoms with Crippen LogP contribution in [0.5, 0.6) is 0 Å². The highest BCUT2D eigenvalue weighted by molar-refractivity contribution is 6.64. The maximum absolute atomic E-state index is 2.56. The molecule has 3 aliphatic rings. The van der Waals surface area contributed by atoms with Crippen LogP contribution in [0.2, 0.25) is 12.1 Å². The van der Waals surface area contributed by atoms with Gasteiger partial charge >= 0.3 is 0 Å². The van der Waals surface area contributed by atoms with Crippen LogP contribution in [0.1, 0.15) is 87.7 Å². The number of allylic oxidation sites excluding steroid dienone is 4. The number of hydrogen-bond donors (Lipinski definition) is 0. The second-order valence-electron chi connectivity index (χ2n) is 11.8. The summed E-state index contributed by atoms with van der Waals surface area (Å²) >= 11 is 0. The Morgan fingerprint density at radius 1 is 0.800 bits per heavy atom. The lowest BCUT2D eigenvalue weighted by atomic mass is 9.81. The minimum absolute atomic E-state index is 0.157. The maximum Gasteiger partial charge on any atom is 0.0505 e. The van der Waals surface area contributed by atoms with Crippen LogP contribution in [0.15, 0.2) is 48.6 Å². The van der Waals surface area contributed by atoms with Crippen molar-refractivity contribution >= 4 is 14.4 Å². The third kappa shape index (κ3) is 3.17. The molecule has 30 heavy (non-hydrogen) atoms. The highest BCUT2D eigenvalue weighted by Crippen LogP contribution is 2.54. The van der Waals surface area contributed by atoms with Gasteiger partial charge < -0.3 is 0 Å². The van der Waals surface area contributed by atoms with Crippen LogP contribution in [0.3, 0.4) is 0 Å². The Bertz CT molecular complexity index is 1060. The van der Waals surface area contributed by atoms with E-state index in [4.69, 9.17) is 0 Å². The fraction of sp³-hybridized carbons (Fsp3) is 0.448. The number of hydrogen-bond acceptors (Lipinski definition) is 0. The first-order valence-electron chi connectivity index (χ1n) is 11.8. The summed E-state index contributed by atoms with van der Waals surface area (Å²) in [4.78, 5) is 0.